The first-order valence-corrected chi connectivity index (χ1v) is 2.72. The van der Waals surface area contributed by atoms with Crippen molar-refractivity contribution in [2.24, 2.45) is 0 Å². The summed E-state index contributed by atoms with van der Waals surface area (Å²) in [5, 5.41) is 9.20. The number of hydrogen-bond donors (Lipinski definition) is 1. The van der Waals surface area contributed by atoms with E-state index in [-0.39, 0.29) is 5.76 Å². The van der Waals surface area contributed by atoms with Crippen LogP contribution in [0.1, 0.15) is 13.3 Å². The van der Waals surface area contributed by atoms with Crippen molar-refractivity contribution in [2.45, 2.75) is 13.3 Å². The second kappa shape index (κ2) is 3.56. The third-order valence-corrected chi connectivity index (χ3v) is 0.840. The summed E-state index contributed by atoms with van der Waals surface area (Å²) in [4.78, 5) is 0. The van der Waals surface area contributed by atoms with E-state index in [1.807, 2.05) is 0 Å². The van der Waals surface area contributed by atoms with Gasteiger partial charge in [-0.05, 0) is 13.0 Å². The van der Waals surface area contributed by atoms with Crippen LogP contribution in [0.3, 0.4) is 0 Å². The summed E-state index contributed by atoms with van der Waals surface area (Å²) in [6.07, 6.45) is 1.96. The molecule has 0 aromatic carbocycles. The first kappa shape index (κ1) is 7.57. The summed E-state index contributed by atoms with van der Waals surface area (Å²) in [6, 6.07) is 0. The Hall–Kier alpha value is -0.430. The molecule has 2 heteroatoms. The zero-order valence-electron chi connectivity index (χ0n) is 4.82. The average Bonchev–Trinajstić information content (AvgIpc) is 1.65. The van der Waals surface area contributed by atoms with Crippen molar-refractivity contribution in [3.63, 3.8) is 0 Å². The maximum Gasteiger partial charge on any atom is 0.0932 e. The highest BCUT2D eigenvalue weighted by molar-refractivity contribution is 6.29. The maximum absolute atomic E-state index is 8.74. The molecule has 0 aliphatic heterocycles. The molecule has 0 aromatic rings. The van der Waals surface area contributed by atoms with Crippen molar-refractivity contribution in [1.82, 2.24) is 0 Å². The fraction of sp³-hybridized carbons (Fsp3) is 0.333. The maximum atomic E-state index is 8.74. The zero-order valence-corrected chi connectivity index (χ0v) is 5.57. The Morgan fingerprint density at radius 1 is 1.88 bits per heavy atom. The summed E-state index contributed by atoms with van der Waals surface area (Å²) >= 11 is 5.36. The van der Waals surface area contributed by atoms with Gasteiger partial charge in [-0.15, -0.1) is 0 Å². The van der Waals surface area contributed by atoms with Gasteiger partial charge in [0.1, 0.15) is 0 Å². The number of aliphatic hydroxyl groups is 1. The Labute approximate surface area is 54.3 Å². The van der Waals surface area contributed by atoms with Crippen LogP contribution in [0, 0.1) is 0 Å². The van der Waals surface area contributed by atoms with Crippen LogP contribution in [0.4, 0.5) is 0 Å². The molecule has 0 atom stereocenters. The molecule has 46 valence electrons. The number of allylic oxidation sites excluding steroid dienone is 2. The summed E-state index contributed by atoms with van der Waals surface area (Å²) in [6.45, 7) is 5.15. The van der Waals surface area contributed by atoms with Gasteiger partial charge in [0, 0.05) is 11.5 Å². The molecule has 0 unspecified atom stereocenters. The van der Waals surface area contributed by atoms with Gasteiger partial charge in [0.2, 0.25) is 0 Å². The second-order valence-corrected chi connectivity index (χ2v) is 2.01. The lowest BCUT2D eigenvalue weighted by molar-refractivity contribution is 0.399. The molecule has 1 N–H and O–H groups in total. The van der Waals surface area contributed by atoms with Crippen molar-refractivity contribution in [3.8, 4) is 0 Å². The molecule has 0 saturated carbocycles. The molecule has 0 bridgehead atoms. The van der Waals surface area contributed by atoms with E-state index in [0.717, 1.165) is 0 Å². The third-order valence-electron chi connectivity index (χ3n) is 0.706. The van der Waals surface area contributed by atoms with E-state index in [4.69, 9.17) is 16.7 Å². The van der Waals surface area contributed by atoms with Crippen LogP contribution in [0.25, 0.3) is 0 Å². The van der Waals surface area contributed by atoms with E-state index in [2.05, 4.69) is 6.58 Å². The first-order chi connectivity index (χ1) is 3.66. The van der Waals surface area contributed by atoms with E-state index in [1.54, 1.807) is 13.0 Å². The Balaban J connectivity index is 3.56. The van der Waals surface area contributed by atoms with Crippen LogP contribution in [0.15, 0.2) is 23.4 Å². The first-order valence-electron chi connectivity index (χ1n) is 2.34. The molecule has 0 aromatic heterocycles. The Morgan fingerprint density at radius 2 is 2.38 bits per heavy atom. The van der Waals surface area contributed by atoms with E-state index in [1.165, 1.54) is 0 Å². The number of hydrogen-bond acceptors (Lipinski definition) is 1. The summed E-state index contributed by atoms with van der Waals surface area (Å²) in [5.74, 6) is 0.269. The monoisotopic (exact) mass is 132 g/mol. The minimum atomic E-state index is 0.269. The lowest BCUT2D eigenvalue weighted by atomic mass is 10.3. The largest absolute Gasteiger partial charge is 0.512 e. The molecular formula is C6H9ClO. The van der Waals surface area contributed by atoms with Gasteiger partial charge in [-0.2, -0.15) is 0 Å². The number of aliphatic hydroxyl groups excluding tert-OH is 1. The SMILES string of the molecule is C=C(Cl)C/C(O)=C/C. The van der Waals surface area contributed by atoms with Crippen molar-refractivity contribution in [2.75, 3.05) is 0 Å². The lowest BCUT2D eigenvalue weighted by Crippen LogP contribution is -1.77. The molecular weight excluding hydrogens is 124 g/mol. The summed E-state index contributed by atoms with van der Waals surface area (Å²) in [5.41, 5.74) is 0. The fourth-order valence-corrected chi connectivity index (χ4v) is 0.436. The Bertz CT molecular complexity index is 116. The average molecular weight is 133 g/mol. The van der Waals surface area contributed by atoms with Crippen molar-refractivity contribution in [3.05, 3.63) is 23.4 Å². The Kier molecular flexibility index (Phi) is 3.37. The molecule has 0 fully saturated rings. The van der Waals surface area contributed by atoms with Gasteiger partial charge in [0.15, 0.2) is 0 Å². The van der Waals surface area contributed by atoms with Crippen LogP contribution in [0.5, 0.6) is 0 Å². The van der Waals surface area contributed by atoms with Crippen molar-refractivity contribution in [1.29, 1.82) is 0 Å². The highest BCUT2D eigenvalue weighted by Gasteiger charge is 1.90. The van der Waals surface area contributed by atoms with Crippen molar-refractivity contribution < 1.29 is 5.11 Å². The molecule has 1 nitrogen and oxygen atoms in total. The molecule has 0 saturated heterocycles. The van der Waals surface area contributed by atoms with E-state index < -0.39 is 0 Å². The van der Waals surface area contributed by atoms with Crippen molar-refractivity contribution >= 4 is 11.6 Å². The van der Waals surface area contributed by atoms with Gasteiger partial charge in [-0.3, -0.25) is 0 Å². The van der Waals surface area contributed by atoms with E-state index >= 15 is 0 Å². The molecule has 0 rings (SSSR count). The Morgan fingerprint density at radius 3 is 2.50 bits per heavy atom. The smallest absolute Gasteiger partial charge is 0.0932 e. The quantitative estimate of drug-likeness (QED) is 0.573. The molecule has 0 aliphatic carbocycles. The van der Waals surface area contributed by atoms with Gasteiger partial charge in [0.25, 0.3) is 0 Å². The van der Waals surface area contributed by atoms with Gasteiger partial charge in [-0.25, -0.2) is 0 Å². The molecule has 0 aliphatic rings. The van der Waals surface area contributed by atoms with Crippen LogP contribution in [-0.4, -0.2) is 5.11 Å². The van der Waals surface area contributed by atoms with Crippen LogP contribution in [0.2, 0.25) is 0 Å². The van der Waals surface area contributed by atoms with Crippen LogP contribution < -0.4 is 0 Å². The van der Waals surface area contributed by atoms with Gasteiger partial charge in [-0.1, -0.05) is 18.2 Å². The predicted octanol–water partition coefficient (Wildman–Crippen LogP) is 2.59. The van der Waals surface area contributed by atoms with Gasteiger partial charge >= 0.3 is 0 Å². The summed E-state index contributed by atoms with van der Waals surface area (Å²) in [7, 11) is 0. The third kappa shape index (κ3) is 3.75. The van der Waals surface area contributed by atoms with Gasteiger partial charge in [0.05, 0.1) is 5.76 Å². The van der Waals surface area contributed by atoms with Gasteiger partial charge < -0.3 is 5.11 Å². The predicted molar refractivity (Wildman–Crippen MR) is 36.0 cm³/mol. The second-order valence-electron chi connectivity index (χ2n) is 1.47. The molecule has 0 spiro atoms. The number of halogens is 1. The fourth-order valence-electron chi connectivity index (χ4n) is 0.299. The topological polar surface area (TPSA) is 20.2 Å². The van der Waals surface area contributed by atoms with E-state index in [9.17, 15) is 0 Å². The summed E-state index contributed by atoms with van der Waals surface area (Å²) < 4.78 is 0. The zero-order chi connectivity index (χ0) is 6.57. The van der Waals surface area contributed by atoms with Crippen LogP contribution >= 0.6 is 11.6 Å². The highest BCUT2D eigenvalue weighted by atomic mass is 35.5. The molecule has 0 radical (unpaired) electrons. The molecule has 8 heavy (non-hydrogen) atoms. The number of rotatable bonds is 2. The van der Waals surface area contributed by atoms with E-state index in [0.29, 0.717) is 11.5 Å². The normalized spacial score (nSPS) is 11.5. The standard InChI is InChI=1S/C6H9ClO/c1-3-6(8)4-5(2)7/h3,8H,2,4H2,1H3/b6-3-. The minimum absolute atomic E-state index is 0.269. The highest BCUT2D eigenvalue weighted by Crippen LogP contribution is 2.08. The van der Waals surface area contributed by atoms with Crippen LogP contribution in [-0.2, 0) is 0 Å². The molecule has 0 heterocycles. The lowest BCUT2D eigenvalue weighted by Gasteiger charge is -1.92. The molecule has 0 amide bonds. The minimum Gasteiger partial charge on any atom is -0.512 e.